The average molecular weight is 401 g/mol. The monoisotopic (exact) mass is 401 g/mol. The van der Waals surface area contributed by atoms with E-state index >= 15 is 0 Å². The number of para-hydroxylation sites is 1. The molecule has 3 aromatic rings. The predicted molar refractivity (Wildman–Crippen MR) is 112 cm³/mol. The molecule has 0 radical (unpaired) electrons. The molecule has 1 aliphatic carbocycles. The molecule has 7 nitrogen and oxygen atoms in total. The second kappa shape index (κ2) is 7.18. The Morgan fingerprint density at radius 3 is 2.67 bits per heavy atom. The zero-order valence-electron chi connectivity index (χ0n) is 16.0. The lowest BCUT2D eigenvalue weighted by Crippen LogP contribution is -2.35. The number of nitrogens with zero attached hydrogens (tertiary/aromatic N) is 2. The van der Waals surface area contributed by atoms with E-state index in [1.54, 1.807) is 35.4 Å². The maximum atomic E-state index is 12.5. The molecule has 1 fully saturated rings. The summed E-state index contributed by atoms with van der Waals surface area (Å²) in [6.45, 7) is -0.0694. The smallest absolute Gasteiger partial charge is 0.339 e. The van der Waals surface area contributed by atoms with E-state index in [-0.39, 0.29) is 23.9 Å². The van der Waals surface area contributed by atoms with Gasteiger partial charge in [-0.2, -0.15) is 0 Å². The minimum atomic E-state index is -1.03. The highest BCUT2D eigenvalue weighted by Gasteiger charge is 2.28. The van der Waals surface area contributed by atoms with Crippen molar-refractivity contribution in [2.75, 3.05) is 16.8 Å². The predicted octanol–water partition coefficient (Wildman–Crippen LogP) is 4.46. The van der Waals surface area contributed by atoms with Gasteiger partial charge in [-0.3, -0.25) is 9.69 Å². The number of carboxylic acid groups (broad SMARTS) is 1. The zero-order valence-corrected chi connectivity index (χ0v) is 16.0. The summed E-state index contributed by atoms with van der Waals surface area (Å²) in [7, 11) is 0. The summed E-state index contributed by atoms with van der Waals surface area (Å²) in [6.07, 6.45) is 3.88. The van der Waals surface area contributed by atoms with Crippen LogP contribution in [0.1, 0.15) is 34.7 Å². The van der Waals surface area contributed by atoms with Crippen LogP contribution in [0.5, 0.6) is 5.75 Å². The van der Waals surface area contributed by atoms with Crippen molar-refractivity contribution in [1.29, 1.82) is 0 Å². The molecule has 1 aliphatic heterocycles. The number of pyridine rings is 1. The van der Waals surface area contributed by atoms with Crippen LogP contribution in [0, 0.1) is 0 Å². The van der Waals surface area contributed by atoms with Crippen LogP contribution in [0.25, 0.3) is 0 Å². The van der Waals surface area contributed by atoms with Gasteiger partial charge in [0.2, 0.25) is 0 Å². The fraction of sp³-hybridized carbons (Fsp3) is 0.174. The number of aromatic carboxylic acids is 1. The Morgan fingerprint density at radius 2 is 1.93 bits per heavy atom. The Hall–Kier alpha value is -3.87. The van der Waals surface area contributed by atoms with Gasteiger partial charge in [-0.05, 0) is 54.7 Å². The lowest BCUT2D eigenvalue weighted by Gasteiger charge is -2.29. The lowest BCUT2D eigenvalue weighted by molar-refractivity contribution is -0.120. The molecule has 0 unspecified atom stereocenters. The third-order valence-corrected chi connectivity index (χ3v) is 5.27. The number of aromatic nitrogens is 1. The van der Waals surface area contributed by atoms with E-state index in [9.17, 15) is 14.7 Å². The van der Waals surface area contributed by atoms with Gasteiger partial charge in [0.25, 0.3) is 5.91 Å². The van der Waals surface area contributed by atoms with E-state index in [1.165, 1.54) is 0 Å². The molecule has 150 valence electrons. The molecule has 0 bridgehead atoms. The number of hydrogen-bond donors (Lipinski definition) is 2. The van der Waals surface area contributed by atoms with Crippen molar-refractivity contribution in [3.63, 3.8) is 0 Å². The van der Waals surface area contributed by atoms with Crippen LogP contribution in [0.2, 0.25) is 0 Å². The first-order valence-electron chi connectivity index (χ1n) is 9.75. The SMILES string of the molecule is O=C(O)c1cc(C2CC2)cnc1Nc1ccc2c(c1)OCC(=O)N2c1ccccc1. The second-order valence-electron chi connectivity index (χ2n) is 7.41. The van der Waals surface area contributed by atoms with Crippen LogP contribution >= 0.6 is 0 Å². The normalized spacial score (nSPS) is 15.3. The Balaban J connectivity index is 1.47. The summed E-state index contributed by atoms with van der Waals surface area (Å²) >= 11 is 0. The van der Waals surface area contributed by atoms with Crippen LogP contribution < -0.4 is 15.0 Å². The van der Waals surface area contributed by atoms with E-state index in [1.807, 2.05) is 30.3 Å². The largest absolute Gasteiger partial charge is 0.481 e. The van der Waals surface area contributed by atoms with Gasteiger partial charge in [0.15, 0.2) is 6.61 Å². The number of anilines is 4. The molecule has 7 heteroatoms. The zero-order chi connectivity index (χ0) is 20.7. The van der Waals surface area contributed by atoms with Crippen LogP contribution in [-0.4, -0.2) is 28.6 Å². The summed E-state index contributed by atoms with van der Waals surface area (Å²) in [5.41, 5.74) is 3.13. The Morgan fingerprint density at radius 1 is 1.13 bits per heavy atom. The summed E-state index contributed by atoms with van der Waals surface area (Å²) in [4.78, 5) is 30.1. The van der Waals surface area contributed by atoms with Crippen molar-refractivity contribution >= 4 is 34.8 Å². The molecule has 2 heterocycles. The number of ether oxygens (including phenoxy) is 1. The summed E-state index contributed by atoms with van der Waals surface area (Å²) in [5, 5.41) is 12.7. The van der Waals surface area contributed by atoms with E-state index in [2.05, 4.69) is 10.3 Å². The highest BCUT2D eigenvalue weighted by Crippen LogP contribution is 2.41. The molecule has 30 heavy (non-hydrogen) atoms. The maximum Gasteiger partial charge on any atom is 0.339 e. The summed E-state index contributed by atoms with van der Waals surface area (Å²) in [5.74, 6) is 0.0549. The van der Waals surface area contributed by atoms with Crippen LogP contribution in [0.15, 0.2) is 60.8 Å². The van der Waals surface area contributed by atoms with Crippen molar-refractivity contribution in [1.82, 2.24) is 4.98 Å². The molecular formula is C23H19N3O4. The molecular weight excluding hydrogens is 382 g/mol. The quantitative estimate of drug-likeness (QED) is 0.656. The Labute approximate surface area is 172 Å². The number of nitrogens with one attached hydrogen (secondary N) is 1. The maximum absolute atomic E-state index is 12.5. The van der Waals surface area contributed by atoms with Gasteiger partial charge in [0, 0.05) is 23.6 Å². The number of carbonyl (C=O) groups excluding carboxylic acids is 1. The highest BCUT2D eigenvalue weighted by atomic mass is 16.5. The molecule has 1 saturated carbocycles. The lowest BCUT2D eigenvalue weighted by atomic mass is 10.1. The topological polar surface area (TPSA) is 91.8 Å². The van der Waals surface area contributed by atoms with Gasteiger partial charge >= 0.3 is 5.97 Å². The van der Waals surface area contributed by atoms with Gasteiger partial charge in [0.05, 0.1) is 5.69 Å². The van der Waals surface area contributed by atoms with E-state index < -0.39 is 5.97 Å². The van der Waals surface area contributed by atoms with Crippen LogP contribution in [0.4, 0.5) is 22.9 Å². The third-order valence-electron chi connectivity index (χ3n) is 5.27. The first-order valence-corrected chi connectivity index (χ1v) is 9.75. The highest BCUT2D eigenvalue weighted by molar-refractivity contribution is 6.04. The van der Waals surface area contributed by atoms with Gasteiger partial charge in [-0.1, -0.05) is 18.2 Å². The van der Waals surface area contributed by atoms with Crippen molar-refractivity contribution in [3.05, 3.63) is 71.9 Å². The number of benzene rings is 2. The Bertz CT molecular complexity index is 1140. The standard InChI is InChI=1S/C23H19N3O4/c27-21-13-30-20-11-16(8-9-19(20)26(21)17-4-2-1-3-5-17)25-22-18(23(28)29)10-15(12-24-22)14-6-7-14/h1-5,8-12,14H,6-7,13H2,(H,24,25)(H,28,29). The number of fused-ring (bicyclic) bond motifs is 1. The molecule has 1 amide bonds. The van der Waals surface area contributed by atoms with E-state index in [4.69, 9.17) is 4.74 Å². The minimum Gasteiger partial charge on any atom is -0.481 e. The number of rotatable bonds is 5. The molecule has 0 saturated heterocycles. The Kier molecular flexibility index (Phi) is 4.35. The van der Waals surface area contributed by atoms with Crippen molar-refractivity contribution in [3.8, 4) is 5.75 Å². The van der Waals surface area contributed by atoms with Gasteiger partial charge in [-0.25, -0.2) is 9.78 Å². The fourth-order valence-electron chi connectivity index (χ4n) is 3.61. The number of hydrogen-bond acceptors (Lipinski definition) is 5. The molecule has 2 N–H and O–H groups in total. The van der Waals surface area contributed by atoms with E-state index in [0.29, 0.717) is 23.0 Å². The molecule has 2 aliphatic rings. The fourth-order valence-corrected chi connectivity index (χ4v) is 3.61. The van der Waals surface area contributed by atoms with Gasteiger partial charge < -0.3 is 15.2 Å². The van der Waals surface area contributed by atoms with Crippen molar-refractivity contribution in [2.24, 2.45) is 0 Å². The number of carbonyl (C=O) groups is 2. The molecule has 2 aromatic carbocycles. The second-order valence-corrected chi connectivity index (χ2v) is 7.41. The molecule has 0 spiro atoms. The molecule has 1 aromatic heterocycles. The molecule has 0 atom stereocenters. The van der Waals surface area contributed by atoms with Crippen LogP contribution in [-0.2, 0) is 4.79 Å². The summed E-state index contributed by atoms with van der Waals surface area (Å²) in [6, 6.07) is 16.4. The van der Waals surface area contributed by atoms with Gasteiger partial charge in [-0.15, -0.1) is 0 Å². The number of amides is 1. The van der Waals surface area contributed by atoms with E-state index in [0.717, 1.165) is 24.1 Å². The number of carboxylic acids is 1. The first-order chi connectivity index (χ1) is 14.6. The van der Waals surface area contributed by atoms with Crippen LogP contribution in [0.3, 0.4) is 0 Å². The van der Waals surface area contributed by atoms with Gasteiger partial charge in [0.1, 0.15) is 17.1 Å². The molecule has 5 rings (SSSR count). The minimum absolute atomic E-state index is 0.0694. The van der Waals surface area contributed by atoms with Crippen molar-refractivity contribution < 1.29 is 19.4 Å². The third kappa shape index (κ3) is 3.34. The van der Waals surface area contributed by atoms with Crippen molar-refractivity contribution in [2.45, 2.75) is 18.8 Å². The first kappa shape index (κ1) is 18.2. The summed E-state index contributed by atoms with van der Waals surface area (Å²) < 4.78 is 5.63. The average Bonchev–Trinajstić information content (AvgIpc) is 3.60.